The number of nitrogens with zero attached hydrogens (tertiary/aromatic N) is 1. The van der Waals surface area contributed by atoms with Gasteiger partial charge < -0.3 is 14.2 Å². The van der Waals surface area contributed by atoms with Gasteiger partial charge in [-0.15, -0.1) is 0 Å². The third-order valence-electron chi connectivity index (χ3n) is 3.46. The fraction of sp³-hybridized carbons (Fsp3) is 0.263. The molecule has 0 saturated heterocycles. The van der Waals surface area contributed by atoms with E-state index in [1.54, 1.807) is 38.5 Å². The zero-order chi connectivity index (χ0) is 18.9. The fourth-order valence-corrected chi connectivity index (χ4v) is 2.32. The quantitative estimate of drug-likeness (QED) is 0.565. The Labute approximate surface area is 157 Å². The molecule has 2 rings (SSSR count). The molecule has 0 aliphatic carbocycles. The van der Waals surface area contributed by atoms with E-state index < -0.39 is 0 Å². The van der Waals surface area contributed by atoms with Gasteiger partial charge in [0, 0.05) is 17.2 Å². The van der Waals surface area contributed by atoms with Crippen LogP contribution in [0.2, 0.25) is 5.02 Å². The molecule has 6 nitrogen and oxygen atoms in total. The summed E-state index contributed by atoms with van der Waals surface area (Å²) in [5.41, 5.74) is 4.22. The van der Waals surface area contributed by atoms with Crippen LogP contribution in [-0.4, -0.2) is 32.4 Å². The fourth-order valence-electron chi connectivity index (χ4n) is 2.20. The molecule has 0 aliphatic rings. The first-order valence-electron chi connectivity index (χ1n) is 7.93. The van der Waals surface area contributed by atoms with Gasteiger partial charge >= 0.3 is 0 Å². The number of rotatable bonds is 8. The van der Waals surface area contributed by atoms with Gasteiger partial charge in [-0.1, -0.05) is 17.7 Å². The molecule has 0 bridgehead atoms. The van der Waals surface area contributed by atoms with E-state index in [1.807, 2.05) is 25.1 Å². The summed E-state index contributed by atoms with van der Waals surface area (Å²) in [7, 11) is 3.18. The van der Waals surface area contributed by atoms with E-state index in [-0.39, 0.29) is 12.5 Å². The highest BCUT2D eigenvalue weighted by Gasteiger charge is 2.06. The Bertz CT molecular complexity index is 776. The van der Waals surface area contributed by atoms with Crippen LogP contribution >= 0.6 is 11.6 Å². The number of hydrazone groups is 1. The molecule has 0 radical (unpaired) electrons. The molecule has 0 spiro atoms. The summed E-state index contributed by atoms with van der Waals surface area (Å²) in [6, 6.07) is 12.4. The van der Waals surface area contributed by atoms with Crippen molar-refractivity contribution in [1.29, 1.82) is 0 Å². The molecule has 2 aromatic rings. The third kappa shape index (κ3) is 5.97. The number of halogens is 1. The van der Waals surface area contributed by atoms with Gasteiger partial charge in [0.1, 0.15) is 5.75 Å². The lowest BCUT2D eigenvalue weighted by Crippen LogP contribution is -2.25. The van der Waals surface area contributed by atoms with Crippen LogP contribution < -0.4 is 19.6 Å². The summed E-state index contributed by atoms with van der Waals surface area (Å²) in [5.74, 6) is 1.54. The first-order valence-corrected chi connectivity index (χ1v) is 8.31. The summed E-state index contributed by atoms with van der Waals surface area (Å²) in [5, 5.41) is 4.70. The van der Waals surface area contributed by atoms with Crippen LogP contribution in [0.25, 0.3) is 0 Å². The molecular weight excluding hydrogens is 356 g/mol. The highest BCUT2D eigenvalue weighted by Crippen LogP contribution is 2.27. The molecule has 0 heterocycles. The van der Waals surface area contributed by atoms with E-state index >= 15 is 0 Å². The third-order valence-corrected chi connectivity index (χ3v) is 3.71. The van der Waals surface area contributed by atoms with Crippen LogP contribution in [-0.2, 0) is 11.2 Å². The molecule has 7 heteroatoms. The van der Waals surface area contributed by atoms with Gasteiger partial charge in [-0.3, -0.25) is 4.79 Å². The number of carbonyl (C=O) groups is 1. The molecular formula is C19H21ClN2O4. The molecule has 1 amide bonds. The Kier molecular flexibility index (Phi) is 7.29. The first-order chi connectivity index (χ1) is 12.5. The zero-order valence-electron chi connectivity index (χ0n) is 14.9. The smallest absolute Gasteiger partial charge is 0.277 e. The molecule has 0 aromatic heterocycles. The minimum Gasteiger partial charge on any atom is -0.493 e. The van der Waals surface area contributed by atoms with Crippen LogP contribution in [0.3, 0.4) is 0 Å². The number of benzene rings is 2. The number of ether oxygens (including phenoxy) is 3. The SMILES string of the molecule is COc1ccc(C/C(C)=N\NC(=O)COc2ccc(Cl)cc2)cc1OC. The van der Waals surface area contributed by atoms with E-state index in [2.05, 4.69) is 10.5 Å². The van der Waals surface area contributed by atoms with Crippen molar-refractivity contribution >= 4 is 23.2 Å². The summed E-state index contributed by atoms with van der Waals surface area (Å²) in [4.78, 5) is 11.8. The predicted molar refractivity (Wildman–Crippen MR) is 101 cm³/mol. The average molecular weight is 377 g/mol. The van der Waals surface area contributed by atoms with E-state index in [9.17, 15) is 4.79 Å². The van der Waals surface area contributed by atoms with Gasteiger partial charge in [0.05, 0.1) is 14.2 Å². The van der Waals surface area contributed by atoms with Crippen molar-refractivity contribution in [3.63, 3.8) is 0 Å². The largest absolute Gasteiger partial charge is 0.493 e. The van der Waals surface area contributed by atoms with Crippen molar-refractivity contribution in [3.05, 3.63) is 53.1 Å². The minimum atomic E-state index is -0.341. The zero-order valence-corrected chi connectivity index (χ0v) is 15.7. The standard InChI is InChI=1S/C19H21ClN2O4/c1-13(10-14-4-9-17(24-2)18(11-14)25-3)21-22-19(23)12-26-16-7-5-15(20)6-8-16/h4-9,11H,10,12H2,1-3H3,(H,22,23)/b21-13-. The maximum absolute atomic E-state index is 11.8. The Morgan fingerprint density at radius 3 is 2.42 bits per heavy atom. The van der Waals surface area contributed by atoms with Crippen molar-refractivity contribution in [1.82, 2.24) is 5.43 Å². The second-order valence-electron chi connectivity index (χ2n) is 5.49. The van der Waals surface area contributed by atoms with Crippen molar-refractivity contribution in [2.75, 3.05) is 20.8 Å². The Balaban J connectivity index is 1.85. The molecule has 0 unspecified atom stereocenters. The molecule has 1 N–H and O–H groups in total. The van der Waals surface area contributed by atoms with E-state index in [4.69, 9.17) is 25.8 Å². The predicted octanol–water partition coefficient (Wildman–Crippen LogP) is 3.47. The van der Waals surface area contributed by atoms with E-state index in [1.165, 1.54) is 0 Å². The lowest BCUT2D eigenvalue weighted by Gasteiger charge is -2.09. The normalized spacial score (nSPS) is 11.0. The average Bonchev–Trinajstić information content (AvgIpc) is 2.65. The number of hydrogen-bond acceptors (Lipinski definition) is 5. The topological polar surface area (TPSA) is 69.2 Å². The number of hydrogen-bond donors (Lipinski definition) is 1. The summed E-state index contributed by atoms with van der Waals surface area (Å²) < 4.78 is 15.8. The highest BCUT2D eigenvalue weighted by atomic mass is 35.5. The van der Waals surface area contributed by atoms with Crippen molar-refractivity contribution in [3.8, 4) is 17.2 Å². The lowest BCUT2D eigenvalue weighted by atomic mass is 10.1. The van der Waals surface area contributed by atoms with E-state index in [0.717, 1.165) is 11.3 Å². The number of nitrogens with one attached hydrogen (secondary N) is 1. The van der Waals surface area contributed by atoms with Crippen LogP contribution in [0.15, 0.2) is 47.6 Å². The van der Waals surface area contributed by atoms with Gasteiger partial charge in [0.25, 0.3) is 5.91 Å². The van der Waals surface area contributed by atoms with Crippen LogP contribution in [0.4, 0.5) is 0 Å². The minimum absolute atomic E-state index is 0.130. The molecule has 26 heavy (non-hydrogen) atoms. The van der Waals surface area contributed by atoms with Gasteiger partial charge in [-0.2, -0.15) is 5.10 Å². The second kappa shape index (κ2) is 9.68. The Morgan fingerprint density at radius 2 is 1.77 bits per heavy atom. The van der Waals surface area contributed by atoms with Crippen LogP contribution in [0, 0.1) is 0 Å². The molecule has 0 atom stereocenters. The maximum atomic E-state index is 11.8. The van der Waals surface area contributed by atoms with Gasteiger partial charge in [-0.05, 0) is 48.9 Å². The Morgan fingerprint density at radius 1 is 1.08 bits per heavy atom. The number of carbonyl (C=O) groups excluding carboxylic acids is 1. The molecule has 0 aliphatic heterocycles. The summed E-state index contributed by atoms with van der Waals surface area (Å²) in [6.07, 6.45) is 0.568. The molecule has 138 valence electrons. The Hall–Kier alpha value is -2.73. The maximum Gasteiger partial charge on any atom is 0.277 e. The van der Waals surface area contributed by atoms with Crippen molar-refractivity contribution in [2.24, 2.45) is 5.10 Å². The van der Waals surface area contributed by atoms with Crippen LogP contribution in [0.5, 0.6) is 17.2 Å². The molecule has 0 saturated carbocycles. The highest BCUT2D eigenvalue weighted by molar-refractivity contribution is 6.30. The lowest BCUT2D eigenvalue weighted by molar-refractivity contribution is -0.123. The number of methoxy groups -OCH3 is 2. The van der Waals surface area contributed by atoms with Gasteiger partial charge in [0.2, 0.25) is 0 Å². The summed E-state index contributed by atoms with van der Waals surface area (Å²) >= 11 is 5.79. The van der Waals surface area contributed by atoms with Gasteiger partial charge in [0.15, 0.2) is 18.1 Å². The monoisotopic (exact) mass is 376 g/mol. The van der Waals surface area contributed by atoms with Crippen molar-refractivity contribution in [2.45, 2.75) is 13.3 Å². The number of amides is 1. The molecule has 2 aromatic carbocycles. The van der Waals surface area contributed by atoms with E-state index in [0.29, 0.717) is 28.7 Å². The van der Waals surface area contributed by atoms with Gasteiger partial charge in [-0.25, -0.2) is 5.43 Å². The first kappa shape index (κ1) is 19.6. The molecule has 0 fully saturated rings. The van der Waals surface area contributed by atoms with Crippen LogP contribution in [0.1, 0.15) is 12.5 Å². The second-order valence-corrected chi connectivity index (χ2v) is 5.93. The summed E-state index contributed by atoms with van der Waals surface area (Å²) in [6.45, 7) is 1.70. The van der Waals surface area contributed by atoms with Crippen molar-refractivity contribution < 1.29 is 19.0 Å².